The second-order valence-electron chi connectivity index (χ2n) is 6.95. The predicted molar refractivity (Wildman–Crippen MR) is 101 cm³/mol. The molecule has 0 bridgehead atoms. The SMILES string of the molecule is O=C(NC1CCCCCCC1)c1ccc(Oc2ccc3nncn3n2)cc1. The fraction of sp³-hybridized carbons (Fsp3) is 0.400. The maximum absolute atomic E-state index is 12.5. The average Bonchev–Trinajstić information content (AvgIpc) is 3.12. The minimum absolute atomic E-state index is 0.0174. The lowest BCUT2D eigenvalue weighted by Crippen LogP contribution is -2.35. The number of amides is 1. The number of benzene rings is 1. The van der Waals surface area contributed by atoms with Crippen LogP contribution in [0, 0.1) is 0 Å². The van der Waals surface area contributed by atoms with Gasteiger partial charge in [0, 0.05) is 17.7 Å². The van der Waals surface area contributed by atoms with Gasteiger partial charge in [-0.1, -0.05) is 32.1 Å². The van der Waals surface area contributed by atoms with E-state index < -0.39 is 0 Å². The van der Waals surface area contributed by atoms with Gasteiger partial charge in [-0.25, -0.2) is 0 Å². The molecule has 2 heterocycles. The minimum Gasteiger partial charge on any atom is -0.438 e. The molecule has 140 valence electrons. The van der Waals surface area contributed by atoms with Crippen molar-refractivity contribution in [3.05, 3.63) is 48.3 Å². The van der Waals surface area contributed by atoms with Crippen molar-refractivity contribution in [2.75, 3.05) is 0 Å². The van der Waals surface area contributed by atoms with Crippen molar-refractivity contribution < 1.29 is 9.53 Å². The minimum atomic E-state index is -0.0174. The summed E-state index contributed by atoms with van der Waals surface area (Å²) in [6.07, 6.45) is 9.92. The van der Waals surface area contributed by atoms with E-state index in [1.807, 2.05) is 0 Å². The van der Waals surface area contributed by atoms with Crippen LogP contribution < -0.4 is 10.1 Å². The Morgan fingerprint density at radius 1 is 1.00 bits per heavy atom. The van der Waals surface area contributed by atoms with Crippen molar-refractivity contribution >= 4 is 11.6 Å². The van der Waals surface area contributed by atoms with Gasteiger partial charge < -0.3 is 10.1 Å². The van der Waals surface area contributed by atoms with E-state index in [0.29, 0.717) is 22.8 Å². The van der Waals surface area contributed by atoms with Crippen LogP contribution in [0.5, 0.6) is 11.6 Å². The van der Waals surface area contributed by atoms with E-state index in [1.54, 1.807) is 40.9 Å². The molecule has 1 aliphatic rings. The van der Waals surface area contributed by atoms with E-state index in [0.717, 1.165) is 12.8 Å². The van der Waals surface area contributed by atoms with E-state index in [4.69, 9.17) is 4.74 Å². The summed E-state index contributed by atoms with van der Waals surface area (Å²) in [4.78, 5) is 12.5. The van der Waals surface area contributed by atoms with Crippen LogP contribution in [0.2, 0.25) is 0 Å². The van der Waals surface area contributed by atoms with Crippen LogP contribution in [0.25, 0.3) is 5.65 Å². The number of nitrogens with one attached hydrogen (secondary N) is 1. The highest BCUT2D eigenvalue weighted by atomic mass is 16.5. The molecule has 0 spiro atoms. The van der Waals surface area contributed by atoms with Gasteiger partial charge in [-0.3, -0.25) is 4.79 Å². The molecule has 0 saturated heterocycles. The molecule has 2 aromatic heterocycles. The molecule has 1 aromatic carbocycles. The van der Waals surface area contributed by atoms with Crippen molar-refractivity contribution in [2.45, 2.75) is 51.0 Å². The molecule has 1 N–H and O–H groups in total. The number of fused-ring (bicyclic) bond motifs is 1. The predicted octanol–water partition coefficient (Wildman–Crippen LogP) is 3.76. The number of hydrogen-bond donors (Lipinski definition) is 1. The van der Waals surface area contributed by atoms with Crippen LogP contribution in [-0.4, -0.2) is 31.8 Å². The van der Waals surface area contributed by atoms with Crippen LogP contribution in [0.15, 0.2) is 42.7 Å². The van der Waals surface area contributed by atoms with Crippen LogP contribution in [0.3, 0.4) is 0 Å². The lowest BCUT2D eigenvalue weighted by Gasteiger charge is -2.21. The van der Waals surface area contributed by atoms with Gasteiger partial charge in [0.05, 0.1) is 0 Å². The summed E-state index contributed by atoms with van der Waals surface area (Å²) >= 11 is 0. The Morgan fingerprint density at radius 3 is 2.52 bits per heavy atom. The van der Waals surface area contributed by atoms with Gasteiger partial charge in [-0.2, -0.15) is 4.52 Å². The topological polar surface area (TPSA) is 81.4 Å². The standard InChI is InChI=1S/C20H23N5O2/c26-20(22-16-6-4-2-1-3-5-7-16)15-8-10-17(11-9-15)27-19-13-12-18-23-21-14-25(18)24-19/h8-14,16H,1-7H2,(H,22,26). The summed E-state index contributed by atoms with van der Waals surface area (Å²) in [5.74, 6) is 1.04. The Kier molecular flexibility index (Phi) is 5.27. The molecule has 0 unspecified atom stereocenters. The quantitative estimate of drug-likeness (QED) is 0.761. The lowest BCUT2D eigenvalue weighted by atomic mass is 9.96. The zero-order valence-electron chi connectivity index (χ0n) is 15.2. The van der Waals surface area contributed by atoms with Crippen LogP contribution in [0.4, 0.5) is 0 Å². The Bertz CT molecular complexity index is 898. The van der Waals surface area contributed by atoms with E-state index in [9.17, 15) is 4.79 Å². The number of hydrogen-bond acceptors (Lipinski definition) is 5. The molecule has 0 aliphatic heterocycles. The highest BCUT2D eigenvalue weighted by Gasteiger charge is 2.15. The summed E-state index contributed by atoms with van der Waals surface area (Å²) in [6.45, 7) is 0. The summed E-state index contributed by atoms with van der Waals surface area (Å²) in [6, 6.07) is 10.9. The molecule has 0 atom stereocenters. The average molecular weight is 365 g/mol. The van der Waals surface area contributed by atoms with Crippen LogP contribution in [-0.2, 0) is 0 Å². The first-order valence-electron chi connectivity index (χ1n) is 9.54. The normalized spacial score (nSPS) is 15.9. The molecule has 7 heteroatoms. The molecule has 27 heavy (non-hydrogen) atoms. The maximum atomic E-state index is 12.5. The Labute approximate surface area is 157 Å². The third kappa shape index (κ3) is 4.42. The summed E-state index contributed by atoms with van der Waals surface area (Å²) in [5.41, 5.74) is 1.30. The Morgan fingerprint density at radius 2 is 1.74 bits per heavy atom. The first-order chi connectivity index (χ1) is 13.3. The number of aromatic nitrogens is 4. The van der Waals surface area contributed by atoms with Crippen molar-refractivity contribution in [1.82, 2.24) is 25.1 Å². The molecule has 7 nitrogen and oxygen atoms in total. The fourth-order valence-corrected chi connectivity index (χ4v) is 3.43. The molecule has 0 radical (unpaired) electrons. The van der Waals surface area contributed by atoms with Crippen molar-refractivity contribution in [2.24, 2.45) is 0 Å². The molecular formula is C20H23N5O2. The van der Waals surface area contributed by atoms with Gasteiger partial charge in [0.25, 0.3) is 5.91 Å². The Balaban J connectivity index is 1.38. The highest BCUT2D eigenvalue weighted by molar-refractivity contribution is 5.94. The van der Waals surface area contributed by atoms with E-state index in [1.165, 1.54) is 38.4 Å². The van der Waals surface area contributed by atoms with E-state index >= 15 is 0 Å². The number of nitrogens with zero attached hydrogens (tertiary/aromatic N) is 4. The lowest BCUT2D eigenvalue weighted by molar-refractivity contribution is 0.0930. The number of rotatable bonds is 4. The number of carbonyl (C=O) groups is 1. The zero-order chi connectivity index (χ0) is 18.5. The first-order valence-corrected chi connectivity index (χ1v) is 9.54. The van der Waals surface area contributed by atoms with Crippen LogP contribution in [0.1, 0.15) is 55.3 Å². The van der Waals surface area contributed by atoms with E-state index in [-0.39, 0.29) is 11.9 Å². The third-order valence-corrected chi connectivity index (χ3v) is 4.92. The number of ether oxygens (including phenoxy) is 1. The largest absolute Gasteiger partial charge is 0.438 e. The number of carbonyl (C=O) groups excluding carboxylic acids is 1. The van der Waals surface area contributed by atoms with Gasteiger partial charge in [0.2, 0.25) is 5.88 Å². The van der Waals surface area contributed by atoms with Gasteiger partial charge in [-0.15, -0.1) is 15.3 Å². The molecule has 1 amide bonds. The van der Waals surface area contributed by atoms with E-state index in [2.05, 4.69) is 20.6 Å². The smallest absolute Gasteiger partial charge is 0.251 e. The van der Waals surface area contributed by atoms with Gasteiger partial charge >= 0.3 is 0 Å². The van der Waals surface area contributed by atoms with Gasteiger partial charge in [0.1, 0.15) is 12.1 Å². The van der Waals surface area contributed by atoms with Gasteiger partial charge in [-0.05, 0) is 43.2 Å². The second kappa shape index (κ2) is 8.16. The Hall–Kier alpha value is -2.96. The van der Waals surface area contributed by atoms with Crippen molar-refractivity contribution in [3.63, 3.8) is 0 Å². The monoisotopic (exact) mass is 365 g/mol. The molecule has 4 rings (SSSR count). The summed E-state index contributed by atoms with van der Waals surface area (Å²) in [7, 11) is 0. The van der Waals surface area contributed by atoms with Gasteiger partial charge in [0.15, 0.2) is 5.65 Å². The molecule has 1 aliphatic carbocycles. The summed E-state index contributed by atoms with van der Waals surface area (Å²) in [5, 5.41) is 15.1. The highest BCUT2D eigenvalue weighted by Crippen LogP contribution is 2.21. The second-order valence-corrected chi connectivity index (χ2v) is 6.95. The van der Waals surface area contributed by atoms with Crippen molar-refractivity contribution in [1.29, 1.82) is 0 Å². The molecule has 3 aromatic rings. The molecule has 1 fully saturated rings. The maximum Gasteiger partial charge on any atom is 0.251 e. The summed E-state index contributed by atoms with van der Waals surface area (Å²) < 4.78 is 7.30. The first kappa shape index (κ1) is 17.5. The molecule has 1 saturated carbocycles. The fourth-order valence-electron chi connectivity index (χ4n) is 3.43. The third-order valence-electron chi connectivity index (χ3n) is 4.92. The molecular weight excluding hydrogens is 342 g/mol. The van der Waals surface area contributed by atoms with Crippen LogP contribution >= 0.6 is 0 Å². The van der Waals surface area contributed by atoms with Crippen molar-refractivity contribution in [3.8, 4) is 11.6 Å². The zero-order valence-corrected chi connectivity index (χ0v) is 15.2.